The van der Waals surface area contributed by atoms with E-state index < -0.39 is 0 Å². The van der Waals surface area contributed by atoms with E-state index in [0.717, 1.165) is 22.6 Å². The summed E-state index contributed by atoms with van der Waals surface area (Å²) in [5.41, 5.74) is 8.08. The van der Waals surface area contributed by atoms with Crippen LogP contribution in [-0.2, 0) is 20.1 Å². The second-order valence-corrected chi connectivity index (χ2v) is 4.71. The number of fused-ring (bicyclic) bond motifs is 1. The van der Waals surface area contributed by atoms with Gasteiger partial charge in [0.15, 0.2) is 0 Å². The summed E-state index contributed by atoms with van der Waals surface area (Å²) < 4.78 is 3.69. The number of hydrogen-bond donors (Lipinski definition) is 1. The van der Waals surface area contributed by atoms with Crippen LogP contribution in [0.2, 0.25) is 5.02 Å². The van der Waals surface area contributed by atoms with Crippen molar-refractivity contribution < 1.29 is 0 Å². The Kier molecular flexibility index (Phi) is 2.96. The molecule has 19 heavy (non-hydrogen) atoms. The first kappa shape index (κ1) is 12.1. The molecule has 0 amide bonds. The highest BCUT2D eigenvalue weighted by Gasteiger charge is 2.11. The predicted molar refractivity (Wildman–Crippen MR) is 72.7 cm³/mol. The molecule has 98 valence electrons. The van der Waals surface area contributed by atoms with Crippen molar-refractivity contribution in [1.29, 1.82) is 0 Å². The summed E-state index contributed by atoms with van der Waals surface area (Å²) in [5.74, 6) is 0.872. The summed E-state index contributed by atoms with van der Waals surface area (Å²) in [7, 11) is 1.94. The van der Waals surface area contributed by atoms with Gasteiger partial charge in [0.05, 0.1) is 27.9 Å². The van der Waals surface area contributed by atoms with E-state index in [1.807, 2.05) is 36.0 Å². The maximum Gasteiger partial charge on any atom is 0.131 e. The number of halogens is 1. The van der Waals surface area contributed by atoms with E-state index in [2.05, 4.69) is 15.3 Å². The largest absolute Gasteiger partial charge is 0.328 e. The molecule has 0 atom stereocenters. The molecule has 0 aliphatic carbocycles. The van der Waals surface area contributed by atoms with Gasteiger partial charge < -0.3 is 10.3 Å². The number of aromatic nitrogens is 5. The van der Waals surface area contributed by atoms with Crippen molar-refractivity contribution in [2.45, 2.75) is 13.1 Å². The standard InChI is InChI=1S/C12H13ClN6/c1-18-11(7-19-6-8(5-14)16-17-19)15-10-4-2-3-9(13)12(10)18/h2-4,6H,5,7,14H2,1H3. The molecule has 3 aromatic rings. The normalized spacial score (nSPS) is 11.3. The summed E-state index contributed by atoms with van der Waals surface area (Å²) in [5, 5.41) is 8.67. The van der Waals surface area contributed by atoms with Gasteiger partial charge in [-0.25, -0.2) is 9.67 Å². The number of nitrogens with zero attached hydrogens (tertiary/aromatic N) is 5. The number of benzene rings is 1. The van der Waals surface area contributed by atoms with E-state index in [-0.39, 0.29) is 0 Å². The van der Waals surface area contributed by atoms with Crippen molar-refractivity contribution in [2.24, 2.45) is 12.8 Å². The van der Waals surface area contributed by atoms with E-state index >= 15 is 0 Å². The van der Waals surface area contributed by atoms with Crippen LogP contribution in [0.15, 0.2) is 24.4 Å². The molecule has 1 aromatic carbocycles. The van der Waals surface area contributed by atoms with Crippen LogP contribution in [0, 0.1) is 0 Å². The lowest BCUT2D eigenvalue weighted by atomic mass is 10.3. The minimum atomic E-state index is 0.383. The quantitative estimate of drug-likeness (QED) is 0.783. The molecule has 0 bridgehead atoms. The van der Waals surface area contributed by atoms with Crippen LogP contribution in [0.4, 0.5) is 0 Å². The molecule has 2 aromatic heterocycles. The molecule has 0 unspecified atom stereocenters. The highest BCUT2D eigenvalue weighted by molar-refractivity contribution is 6.35. The Bertz CT molecular complexity index is 729. The lowest BCUT2D eigenvalue weighted by molar-refractivity contribution is 0.610. The highest BCUT2D eigenvalue weighted by atomic mass is 35.5. The van der Waals surface area contributed by atoms with Crippen molar-refractivity contribution in [3.05, 3.63) is 40.9 Å². The fraction of sp³-hybridized carbons (Fsp3) is 0.250. The van der Waals surface area contributed by atoms with Gasteiger partial charge in [0.2, 0.25) is 0 Å². The lowest BCUT2D eigenvalue weighted by Crippen LogP contribution is -2.06. The first-order valence-corrected chi connectivity index (χ1v) is 6.25. The molecule has 3 rings (SSSR count). The summed E-state index contributed by atoms with van der Waals surface area (Å²) in [4.78, 5) is 4.56. The van der Waals surface area contributed by atoms with Gasteiger partial charge in [0, 0.05) is 13.6 Å². The number of imidazole rings is 1. The third kappa shape index (κ3) is 2.09. The van der Waals surface area contributed by atoms with Crippen LogP contribution >= 0.6 is 11.6 Å². The van der Waals surface area contributed by atoms with Crippen molar-refractivity contribution in [3.8, 4) is 0 Å². The second kappa shape index (κ2) is 4.64. The minimum absolute atomic E-state index is 0.383. The van der Waals surface area contributed by atoms with Gasteiger partial charge in [-0.1, -0.05) is 22.9 Å². The van der Waals surface area contributed by atoms with Gasteiger partial charge in [-0.05, 0) is 12.1 Å². The first-order valence-electron chi connectivity index (χ1n) is 5.88. The maximum atomic E-state index is 6.19. The van der Waals surface area contributed by atoms with Crippen LogP contribution in [-0.4, -0.2) is 24.5 Å². The molecule has 0 aliphatic heterocycles. The van der Waals surface area contributed by atoms with Gasteiger partial charge in [-0.3, -0.25) is 0 Å². The molecule has 0 fully saturated rings. The summed E-state index contributed by atoms with van der Waals surface area (Å²) >= 11 is 6.19. The molecule has 7 heteroatoms. The van der Waals surface area contributed by atoms with Crippen LogP contribution in [0.25, 0.3) is 11.0 Å². The second-order valence-electron chi connectivity index (χ2n) is 4.31. The third-order valence-electron chi connectivity index (χ3n) is 3.04. The number of hydrogen-bond acceptors (Lipinski definition) is 4. The molecule has 0 saturated carbocycles. The number of rotatable bonds is 3. The number of aryl methyl sites for hydroxylation is 1. The molecule has 2 N–H and O–H groups in total. The third-order valence-corrected chi connectivity index (χ3v) is 3.34. The van der Waals surface area contributed by atoms with Gasteiger partial charge in [0.25, 0.3) is 0 Å². The van der Waals surface area contributed by atoms with E-state index in [1.165, 1.54) is 0 Å². The average molecular weight is 277 g/mol. The smallest absolute Gasteiger partial charge is 0.131 e. The number of nitrogens with two attached hydrogens (primary N) is 1. The highest BCUT2D eigenvalue weighted by Crippen LogP contribution is 2.23. The molecule has 0 saturated heterocycles. The lowest BCUT2D eigenvalue weighted by Gasteiger charge is -2.02. The summed E-state index contributed by atoms with van der Waals surface area (Å²) in [6, 6.07) is 5.69. The zero-order valence-corrected chi connectivity index (χ0v) is 11.2. The van der Waals surface area contributed by atoms with Crippen LogP contribution in [0.1, 0.15) is 11.5 Å². The van der Waals surface area contributed by atoms with E-state index in [1.54, 1.807) is 4.68 Å². The fourth-order valence-electron chi connectivity index (χ4n) is 2.06. The van der Waals surface area contributed by atoms with Crippen molar-refractivity contribution in [3.63, 3.8) is 0 Å². The molecule has 0 aliphatic rings. The Morgan fingerprint density at radius 1 is 1.37 bits per heavy atom. The topological polar surface area (TPSA) is 74.5 Å². The summed E-state index contributed by atoms with van der Waals surface area (Å²) in [6.07, 6.45) is 1.82. The molecule has 0 radical (unpaired) electrons. The van der Waals surface area contributed by atoms with Crippen molar-refractivity contribution in [2.75, 3.05) is 0 Å². The van der Waals surface area contributed by atoms with Gasteiger partial charge >= 0.3 is 0 Å². The monoisotopic (exact) mass is 276 g/mol. The average Bonchev–Trinajstić information content (AvgIpc) is 2.97. The predicted octanol–water partition coefficient (Wildman–Crippen LogP) is 1.33. The Morgan fingerprint density at radius 2 is 2.21 bits per heavy atom. The number of para-hydroxylation sites is 1. The molecule has 0 spiro atoms. The van der Waals surface area contributed by atoms with E-state index in [4.69, 9.17) is 17.3 Å². The zero-order valence-electron chi connectivity index (χ0n) is 10.4. The minimum Gasteiger partial charge on any atom is -0.328 e. The molecule has 2 heterocycles. The Morgan fingerprint density at radius 3 is 2.89 bits per heavy atom. The van der Waals surface area contributed by atoms with Crippen molar-refractivity contribution >= 4 is 22.6 Å². The van der Waals surface area contributed by atoms with Crippen LogP contribution in [0.5, 0.6) is 0 Å². The van der Waals surface area contributed by atoms with Gasteiger partial charge in [-0.2, -0.15) is 0 Å². The molecular weight excluding hydrogens is 264 g/mol. The maximum absolute atomic E-state index is 6.19. The Balaban J connectivity index is 2.01. The van der Waals surface area contributed by atoms with Crippen LogP contribution < -0.4 is 5.73 Å². The fourth-order valence-corrected chi connectivity index (χ4v) is 2.36. The van der Waals surface area contributed by atoms with Crippen LogP contribution in [0.3, 0.4) is 0 Å². The summed E-state index contributed by atoms with van der Waals surface area (Å²) in [6.45, 7) is 0.920. The van der Waals surface area contributed by atoms with E-state index in [9.17, 15) is 0 Å². The first-order chi connectivity index (χ1) is 9.19. The van der Waals surface area contributed by atoms with Crippen molar-refractivity contribution in [1.82, 2.24) is 24.5 Å². The van der Waals surface area contributed by atoms with Gasteiger partial charge in [-0.15, -0.1) is 5.10 Å². The van der Waals surface area contributed by atoms with Gasteiger partial charge in [0.1, 0.15) is 12.4 Å². The Labute approximate surface area is 114 Å². The SMILES string of the molecule is Cn1c(Cn2cc(CN)nn2)nc2cccc(Cl)c21. The Hall–Kier alpha value is -1.92. The molecular formula is C12H13ClN6. The zero-order chi connectivity index (χ0) is 13.4. The van der Waals surface area contributed by atoms with E-state index in [0.29, 0.717) is 18.1 Å². The molecule has 6 nitrogen and oxygen atoms in total.